The third-order valence-electron chi connectivity index (χ3n) is 1.52. The van der Waals surface area contributed by atoms with Gasteiger partial charge in [-0.25, -0.2) is 0 Å². The Balaban J connectivity index is 2.47. The van der Waals surface area contributed by atoms with Gasteiger partial charge in [-0.15, -0.1) is 0 Å². The Morgan fingerprint density at radius 1 is 1.80 bits per heavy atom. The van der Waals surface area contributed by atoms with Crippen LogP contribution in [0.15, 0.2) is 11.8 Å². The summed E-state index contributed by atoms with van der Waals surface area (Å²) in [4.78, 5) is 0. The van der Waals surface area contributed by atoms with Crippen LogP contribution in [0.4, 0.5) is 0 Å². The highest BCUT2D eigenvalue weighted by atomic mass is 16.5. The second kappa shape index (κ2) is 3.03. The third-order valence-corrected chi connectivity index (χ3v) is 1.52. The summed E-state index contributed by atoms with van der Waals surface area (Å²) in [7, 11) is 0. The first kappa shape index (κ1) is 7.57. The minimum atomic E-state index is -0.623. The van der Waals surface area contributed by atoms with E-state index in [-0.39, 0.29) is 6.04 Å². The van der Waals surface area contributed by atoms with Gasteiger partial charge in [-0.05, 0) is 13.0 Å². The molecule has 1 aliphatic rings. The SMILES string of the molecule is CC(N)C(O)C1=CCCO1. The summed E-state index contributed by atoms with van der Waals surface area (Å²) >= 11 is 0. The van der Waals surface area contributed by atoms with Crippen LogP contribution in [0, 0.1) is 0 Å². The van der Waals surface area contributed by atoms with Crippen LogP contribution in [0.25, 0.3) is 0 Å². The Morgan fingerprint density at radius 3 is 2.90 bits per heavy atom. The fourth-order valence-electron chi connectivity index (χ4n) is 0.902. The first-order valence-electron chi connectivity index (χ1n) is 3.48. The van der Waals surface area contributed by atoms with Crippen LogP contribution in [0.1, 0.15) is 13.3 Å². The van der Waals surface area contributed by atoms with Gasteiger partial charge in [-0.1, -0.05) is 0 Å². The summed E-state index contributed by atoms with van der Waals surface area (Å²) < 4.78 is 5.11. The number of ether oxygens (including phenoxy) is 1. The summed E-state index contributed by atoms with van der Waals surface area (Å²) in [6.07, 6.45) is 2.15. The van der Waals surface area contributed by atoms with Crippen LogP contribution >= 0.6 is 0 Å². The molecule has 1 heterocycles. The molecule has 0 saturated carbocycles. The molecule has 0 fully saturated rings. The Bertz CT molecular complexity index is 143. The lowest BCUT2D eigenvalue weighted by molar-refractivity contribution is 0.103. The Labute approximate surface area is 60.5 Å². The van der Waals surface area contributed by atoms with Crippen LogP contribution in [0.3, 0.4) is 0 Å². The number of aliphatic hydroxyl groups excluding tert-OH is 1. The predicted octanol–water partition coefficient (Wildman–Crippen LogP) is -0.00130. The quantitative estimate of drug-likeness (QED) is 0.572. The fourth-order valence-corrected chi connectivity index (χ4v) is 0.902. The summed E-state index contributed by atoms with van der Waals surface area (Å²) in [6.45, 7) is 2.44. The molecule has 10 heavy (non-hydrogen) atoms. The summed E-state index contributed by atoms with van der Waals surface area (Å²) in [5.41, 5.74) is 5.44. The van der Waals surface area contributed by atoms with Crippen molar-refractivity contribution in [2.24, 2.45) is 5.73 Å². The number of rotatable bonds is 2. The van der Waals surface area contributed by atoms with Gasteiger partial charge in [-0.3, -0.25) is 0 Å². The Hall–Kier alpha value is -0.540. The molecular weight excluding hydrogens is 130 g/mol. The van der Waals surface area contributed by atoms with Gasteiger partial charge in [0, 0.05) is 12.5 Å². The third kappa shape index (κ3) is 1.49. The zero-order valence-electron chi connectivity index (χ0n) is 6.08. The lowest BCUT2D eigenvalue weighted by Gasteiger charge is -2.14. The van der Waals surface area contributed by atoms with Gasteiger partial charge in [0.15, 0.2) is 0 Å². The van der Waals surface area contributed by atoms with E-state index in [1.165, 1.54) is 0 Å². The molecule has 0 bridgehead atoms. The van der Waals surface area contributed by atoms with Crippen molar-refractivity contribution in [1.82, 2.24) is 0 Å². The topological polar surface area (TPSA) is 55.5 Å². The number of hydrogen-bond donors (Lipinski definition) is 2. The first-order chi connectivity index (χ1) is 4.72. The molecule has 2 atom stereocenters. The van der Waals surface area contributed by atoms with Crippen molar-refractivity contribution in [1.29, 1.82) is 0 Å². The van der Waals surface area contributed by atoms with E-state index in [9.17, 15) is 5.11 Å². The first-order valence-corrected chi connectivity index (χ1v) is 3.48. The van der Waals surface area contributed by atoms with Gasteiger partial charge in [0.05, 0.1) is 6.61 Å². The normalized spacial score (nSPS) is 23.3. The van der Waals surface area contributed by atoms with Crippen LogP contribution in [-0.4, -0.2) is 23.9 Å². The van der Waals surface area contributed by atoms with E-state index < -0.39 is 6.10 Å². The van der Waals surface area contributed by atoms with Crippen molar-refractivity contribution < 1.29 is 9.84 Å². The summed E-state index contributed by atoms with van der Waals surface area (Å²) in [5.74, 6) is 0.634. The maximum atomic E-state index is 9.31. The van der Waals surface area contributed by atoms with Gasteiger partial charge in [-0.2, -0.15) is 0 Å². The molecule has 0 aromatic rings. The summed E-state index contributed by atoms with van der Waals surface area (Å²) in [6, 6.07) is -0.246. The van der Waals surface area contributed by atoms with E-state index in [4.69, 9.17) is 10.5 Å². The lowest BCUT2D eigenvalue weighted by atomic mass is 10.1. The molecule has 0 spiro atoms. The molecule has 0 saturated heterocycles. The second-order valence-electron chi connectivity index (χ2n) is 2.55. The molecule has 2 unspecified atom stereocenters. The average Bonchev–Trinajstić information content (AvgIpc) is 2.36. The van der Waals surface area contributed by atoms with Crippen LogP contribution in [0.2, 0.25) is 0 Å². The smallest absolute Gasteiger partial charge is 0.125 e. The Morgan fingerprint density at radius 2 is 2.50 bits per heavy atom. The van der Waals surface area contributed by atoms with Crippen LogP contribution in [-0.2, 0) is 4.74 Å². The van der Waals surface area contributed by atoms with Crippen molar-refractivity contribution >= 4 is 0 Å². The van der Waals surface area contributed by atoms with Gasteiger partial charge < -0.3 is 15.6 Å². The summed E-state index contributed by atoms with van der Waals surface area (Å²) in [5, 5.41) is 9.31. The predicted molar refractivity (Wildman–Crippen MR) is 38.3 cm³/mol. The van der Waals surface area contributed by atoms with Crippen LogP contribution in [0.5, 0.6) is 0 Å². The molecule has 3 N–H and O–H groups in total. The standard InChI is InChI=1S/C7H13NO2/c1-5(8)7(9)6-3-2-4-10-6/h3,5,7,9H,2,4,8H2,1H3. The van der Waals surface area contributed by atoms with Gasteiger partial charge in [0.25, 0.3) is 0 Å². The van der Waals surface area contributed by atoms with E-state index in [1.54, 1.807) is 6.92 Å². The fraction of sp³-hybridized carbons (Fsp3) is 0.714. The minimum absolute atomic E-state index is 0.246. The maximum absolute atomic E-state index is 9.31. The number of aliphatic hydroxyl groups is 1. The molecule has 0 aromatic heterocycles. The zero-order valence-corrected chi connectivity index (χ0v) is 6.08. The van der Waals surface area contributed by atoms with Gasteiger partial charge in [0.1, 0.15) is 11.9 Å². The highest BCUT2D eigenvalue weighted by molar-refractivity contribution is 5.06. The minimum Gasteiger partial charge on any atom is -0.495 e. The molecule has 1 rings (SSSR count). The Kier molecular flexibility index (Phi) is 2.29. The van der Waals surface area contributed by atoms with Crippen molar-refractivity contribution in [3.05, 3.63) is 11.8 Å². The van der Waals surface area contributed by atoms with E-state index in [2.05, 4.69) is 0 Å². The van der Waals surface area contributed by atoms with Crippen molar-refractivity contribution in [2.45, 2.75) is 25.5 Å². The van der Waals surface area contributed by atoms with E-state index in [0.29, 0.717) is 12.4 Å². The van der Waals surface area contributed by atoms with E-state index >= 15 is 0 Å². The highest BCUT2D eigenvalue weighted by Gasteiger charge is 2.18. The molecule has 1 aliphatic heterocycles. The molecule has 0 radical (unpaired) electrons. The monoisotopic (exact) mass is 143 g/mol. The van der Waals surface area contributed by atoms with E-state index in [0.717, 1.165) is 6.42 Å². The van der Waals surface area contributed by atoms with Gasteiger partial charge in [0.2, 0.25) is 0 Å². The molecular formula is C7H13NO2. The molecule has 3 nitrogen and oxygen atoms in total. The highest BCUT2D eigenvalue weighted by Crippen LogP contribution is 2.14. The van der Waals surface area contributed by atoms with Crippen molar-refractivity contribution in [3.8, 4) is 0 Å². The number of nitrogens with two attached hydrogens (primary N) is 1. The number of hydrogen-bond acceptors (Lipinski definition) is 3. The second-order valence-corrected chi connectivity index (χ2v) is 2.55. The largest absolute Gasteiger partial charge is 0.495 e. The van der Waals surface area contributed by atoms with E-state index in [1.807, 2.05) is 6.08 Å². The average molecular weight is 143 g/mol. The molecule has 0 aliphatic carbocycles. The maximum Gasteiger partial charge on any atom is 0.125 e. The molecule has 58 valence electrons. The zero-order chi connectivity index (χ0) is 7.56. The van der Waals surface area contributed by atoms with Crippen molar-refractivity contribution in [3.63, 3.8) is 0 Å². The van der Waals surface area contributed by atoms with Gasteiger partial charge >= 0.3 is 0 Å². The molecule has 0 aromatic carbocycles. The van der Waals surface area contributed by atoms with Crippen molar-refractivity contribution in [2.75, 3.05) is 6.61 Å². The molecule has 3 heteroatoms. The lowest BCUT2D eigenvalue weighted by Crippen LogP contribution is -2.33. The van der Waals surface area contributed by atoms with Crippen LogP contribution < -0.4 is 5.73 Å². The molecule has 0 amide bonds.